The van der Waals surface area contributed by atoms with Crippen LogP contribution in [-0.2, 0) is 9.53 Å². The highest BCUT2D eigenvalue weighted by Crippen LogP contribution is 2.46. The monoisotopic (exact) mass is 418 g/mol. The van der Waals surface area contributed by atoms with Crippen molar-refractivity contribution in [3.8, 4) is 0 Å². The summed E-state index contributed by atoms with van der Waals surface area (Å²) in [6.07, 6.45) is 26.3. The topological polar surface area (TPSA) is 26.3 Å². The highest BCUT2D eigenvalue weighted by atomic mass is 16.5. The van der Waals surface area contributed by atoms with Gasteiger partial charge in [0.1, 0.15) is 6.10 Å². The van der Waals surface area contributed by atoms with E-state index in [1.807, 2.05) is 6.92 Å². The molecule has 2 heteroatoms. The molecule has 174 valence electrons. The van der Waals surface area contributed by atoms with Crippen LogP contribution in [0.4, 0.5) is 0 Å². The van der Waals surface area contributed by atoms with E-state index in [1.165, 1.54) is 103 Å². The van der Waals surface area contributed by atoms with E-state index in [-0.39, 0.29) is 12.1 Å². The van der Waals surface area contributed by atoms with E-state index in [0.717, 1.165) is 42.4 Å². The van der Waals surface area contributed by atoms with Gasteiger partial charge in [-0.1, -0.05) is 65.2 Å². The van der Waals surface area contributed by atoms with Crippen molar-refractivity contribution < 1.29 is 9.53 Å². The lowest BCUT2D eigenvalue weighted by molar-refractivity contribution is -0.150. The fourth-order valence-corrected chi connectivity index (χ4v) is 7.02. The Labute approximate surface area is 187 Å². The summed E-state index contributed by atoms with van der Waals surface area (Å²) in [5.74, 6) is 5.00. The maximum absolute atomic E-state index is 11.5. The number of ether oxygens (including phenoxy) is 1. The summed E-state index contributed by atoms with van der Waals surface area (Å²) >= 11 is 0. The van der Waals surface area contributed by atoms with Gasteiger partial charge in [0.15, 0.2) is 0 Å². The van der Waals surface area contributed by atoms with Crippen LogP contribution < -0.4 is 0 Å². The first-order valence-corrected chi connectivity index (χ1v) is 13.9. The predicted octanol–water partition coefficient (Wildman–Crippen LogP) is 8.47. The molecule has 0 spiro atoms. The lowest BCUT2D eigenvalue weighted by Gasteiger charge is -2.41. The smallest absolute Gasteiger partial charge is 0.305 e. The van der Waals surface area contributed by atoms with Crippen LogP contribution in [0.15, 0.2) is 0 Å². The molecule has 0 aliphatic heterocycles. The first-order chi connectivity index (χ1) is 14.7. The van der Waals surface area contributed by atoms with Crippen LogP contribution in [0.25, 0.3) is 0 Å². The van der Waals surface area contributed by atoms with Crippen molar-refractivity contribution in [2.24, 2.45) is 29.6 Å². The van der Waals surface area contributed by atoms with E-state index >= 15 is 0 Å². The van der Waals surface area contributed by atoms with Gasteiger partial charge in [0.2, 0.25) is 0 Å². The Hall–Kier alpha value is -0.530. The molecule has 0 heterocycles. The average Bonchev–Trinajstić information content (AvgIpc) is 2.80. The van der Waals surface area contributed by atoms with Crippen molar-refractivity contribution in [2.75, 3.05) is 0 Å². The summed E-state index contributed by atoms with van der Waals surface area (Å²) < 4.78 is 5.58. The van der Waals surface area contributed by atoms with Crippen LogP contribution in [0.3, 0.4) is 0 Å². The summed E-state index contributed by atoms with van der Waals surface area (Å²) in [6, 6.07) is 0. The molecular formula is C28H50O2. The molecule has 0 N–H and O–H groups in total. The summed E-state index contributed by atoms with van der Waals surface area (Å²) in [5.41, 5.74) is 0. The Morgan fingerprint density at radius 3 is 1.60 bits per heavy atom. The van der Waals surface area contributed by atoms with Gasteiger partial charge in [-0.3, -0.25) is 4.79 Å². The summed E-state index contributed by atoms with van der Waals surface area (Å²) in [5, 5.41) is 0. The number of carbonyl (C=O) groups is 1. The maximum Gasteiger partial charge on any atom is 0.305 e. The second-order valence-electron chi connectivity index (χ2n) is 11.0. The van der Waals surface area contributed by atoms with Crippen molar-refractivity contribution >= 4 is 5.97 Å². The number of esters is 1. The summed E-state index contributed by atoms with van der Waals surface area (Å²) in [4.78, 5) is 11.5. The molecule has 3 fully saturated rings. The Bertz CT molecular complexity index is 463. The normalized spacial score (nSPS) is 35.1. The minimum atomic E-state index is -0.00910. The van der Waals surface area contributed by atoms with Crippen LogP contribution in [-0.4, -0.2) is 12.1 Å². The third kappa shape index (κ3) is 7.56. The molecule has 2 nitrogen and oxygen atoms in total. The first-order valence-electron chi connectivity index (χ1n) is 13.9. The quantitative estimate of drug-likeness (QED) is 0.263. The summed E-state index contributed by atoms with van der Waals surface area (Å²) in [6.45, 7) is 4.21. The second kappa shape index (κ2) is 13.1. The maximum atomic E-state index is 11.5. The van der Waals surface area contributed by atoms with Crippen molar-refractivity contribution in [1.29, 1.82) is 0 Å². The zero-order valence-electron chi connectivity index (χ0n) is 20.2. The summed E-state index contributed by atoms with van der Waals surface area (Å²) in [7, 11) is 0. The SMILES string of the molecule is CCCCCCC[C@H]1CC[C@H]([C@H]2CC[C@H]([C@H]3CC[C@H](OC(=O)CC)CC3)CC2)CC1. The molecule has 0 unspecified atom stereocenters. The first kappa shape index (κ1) is 24.1. The molecule has 3 saturated carbocycles. The molecule has 0 saturated heterocycles. The van der Waals surface area contributed by atoms with Gasteiger partial charge in [0.25, 0.3) is 0 Å². The lowest BCUT2D eigenvalue weighted by Crippen LogP contribution is -2.31. The largest absolute Gasteiger partial charge is 0.462 e. The number of rotatable bonds is 10. The van der Waals surface area contributed by atoms with Gasteiger partial charge >= 0.3 is 5.97 Å². The highest BCUT2D eigenvalue weighted by Gasteiger charge is 2.35. The van der Waals surface area contributed by atoms with Crippen LogP contribution in [0, 0.1) is 29.6 Å². The van der Waals surface area contributed by atoms with Crippen LogP contribution in [0.5, 0.6) is 0 Å². The van der Waals surface area contributed by atoms with Gasteiger partial charge in [-0.15, -0.1) is 0 Å². The molecule has 0 bridgehead atoms. The lowest BCUT2D eigenvalue weighted by atomic mass is 9.65. The van der Waals surface area contributed by atoms with Gasteiger partial charge < -0.3 is 4.74 Å². The van der Waals surface area contributed by atoms with E-state index in [2.05, 4.69) is 6.92 Å². The Balaban J connectivity index is 1.28. The van der Waals surface area contributed by atoms with Crippen molar-refractivity contribution in [1.82, 2.24) is 0 Å². The molecule has 30 heavy (non-hydrogen) atoms. The van der Waals surface area contributed by atoms with Gasteiger partial charge in [-0.05, 0) is 93.8 Å². The molecule has 3 aliphatic rings. The van der Waals surface area contributed by atoms with Gasteiger partial charge in [0.05, 0.1) is 0 Å². The fraction of sp³-hybridized carbons (Fsp3) is 0.964. The van der Waals surface area contributed by atoms with Crippen molar-refractivity contribution in [2.45, 2.75) is 142 Å². The number of unbranched alkanes of at least 4 members (excludes halogenated alkanes) is 4. The second-order valence-corrected chi connectivity index (χ2v) is 11.0. The molecule has 0 radical (unpaired) electrons. The number of hydrogen-bond donors (Lipinski definition) is 0. The van der Waals surface area contributed by atoms with Crippen molar-refractivity contribution in [3.05, 3.63) is 0 Å². The highest BCUT2D eigenvalue weighted by molar-refractivity contribution is 5.69. The fourth-order valence-electron chi connectivity index (χ4n) is 7.02. The minimum Gasteiger partial charge on any atom is -0.462 e. The van der Waals surface area contributed by atoms with E-state index in [4.69, 9.17) is 4.74 Å². The molecule has 3 rings (SSSR count). The Kier molecular flexibility index (Phi) is 10.5. The zero-order chi connectivity index (χ0) is 21.2. The van der Waals surface area contributed by atoms with Gasteiger partial charge in [-0.2, -0.15) is 0 Å². The van der Waals surface area contributed by atoms with Crippen LogP contribution in [0.2, 0.25) is 0 Å². The van der Waals surface area contributed by atoms with E-state index in [9.17, 15) is 4.79 Å². The van der Waals surface area contributed by atoms with E-state index < -0.39 is 0 Å². The number of hydrogen-bond acceptors (Lipinski definition) is 2. The Morgan fingerprint density at radius 1 is 0.633 bits per heavy atom. The molecular weight excluding hydrogens is 368 g/mol. The molecule has 3 aliphatic carbocycles. The Morgan fingerprint density at radius 2 is 1.10 bits per heavy atom. The molecule has 0 aromatic rings. The average molecular weight is 419 g/mol. The van der Waals surface area contributed by atoms with Crippen molar-refractivity contribution in [3.63, 3.8) is 0 Å². The third-order valence-electron chi connectivity index (χ3n) is 9.06. The molecule has 0 atom stereocenters. The predicted molar refractivity (Wildman–Crippen MR) is 126 cm³/mol. The molecule has 0 aromatic heterocycles. The third-order valence-corrected chi connectivity index (χ3v) is 9.06. The minimum absolute atomic E-state index is 0.00910. The van der Waals surface area contributed by atoms with Crippen LogP contribution >= 0.6 is 0 Å². The molecule has 0 aromatic carbocycles. The standard InChI is InChI=1S/C28H50O2/c1-3-5-6-7-8-9-22-10-12-23(13-11-22)24-14-16-25(17-15-24)26-18-20-27(21-19-26)30-28(29)4-2/h22-27H,3-21H2,1-2H3/t22-,23-,24-,25-,26-,27-. The zero-order valence-corrected chi connectivity index (χ0v) is 20.2. The number of carbonyl (C=O) groups excluding carboxylic acids is 1. The van der Waals surface area contributed by atoms with Crippen LogP contribution in [0.1, 0.15) is 136 Å². The van der Waals surface area contributed by atoms with E-state index in [1.54, 1.807) is 0 Å². The van der Waals surface area contributed by atoms with E-state index in [0.29, 0.717) is 6.42 Å². The van der Waals surface area contributed by atoms with Gasteiger partial charge in [0, 0.05) is 6.42 Å². The van der Waals surface area contributed by atoms with Gasteiger partial charge in [-0.25, -0.2) is 0 Å². The molecule has 0 amide bonds.